The van der Waals surface area contributed by atoms with Gasteiger partial charge in [-0.05, 0) is 19.1 Å². The van der Waals surface area contributed by atoms with Crippen molar-refractivity contribution in [3.8, 4) is 11.8 Å². The van der Waals surface area contributed by atoms with Gasteiger partial charge in [0.05, 0.1) is 6.61 Å². The largest absolute Gasteiger partial charge is 0.500 e. The maximum atomic E-state index is 11.5. The fourth-order valence-corrected chi connectivity index (χ4v) is 0.937. The number of rotatable bonds is 4. The van der Waals surface area contributed by atoms with E-state index in [9.17, 15) is 4.79 Å². The van der Waals surface area contributed by atoms with Gasteiger partial charge in [-0.2, -0.15) is 5.26 Å². The molecule has 0 aliphatic carbocycles. The summed E-state index contributed by atoms with van der Waals surface area (Å²) in [5, 5.41) is 8.70. The lowest BCUT2D eigenvalue weighted by Crippen LogP contribution is -2.10. The van der Waals surface area contributed by atoms with Crippen LogP contribution in [0.3, 0.4) is 0 Å². The standard InChI is InChI=1S/C12H11NO3/c1-2-15-9-10(8-13)12(14)16-11-6-4-3-5-7-11/h3-7,9H,2H2,1H3. The Morgan fingerprint density at radius 2 is 2.12 bits per heavy atom. The predicted molar refractivity (Wildman–Crippen MR) is 57.4 cm³/mol. The summed E-state index contributed by atoms with van der Waals surface area (Å²) >= 11 is 0. The summed E-state index contributed by atoms with van der Waals surface area (Å²) in [6.07, 6.45) is 1.10. The Hall–Kier alpha value is -2.28. The van der Waals surface area contributed by atoms with Crippen LogP contribution in [0.5, 0.6) is 5.75 Å². The van der Waals surface area contributed by atoms with E-state index in [-0.39, 0.29) is 5.57 Å². The zero-order valence-corrected chi connectivity index (χ0v) is 8.84. The van der Waals surface area contributed by atoms with Gasteiger partial charge in [0.1, 0.15) is 18.1 Å². The maximum Gasteiger partial charge on any atom is 0.357 e. The van der Waals surface area contributed by atoms with Crippen molar-refractivity contribution in [3.63, 3.8) is 0 Å². The van der Waals surface area contributed by atoms with Gasteiger partial charge < -0.3 is 9.47 Å². The topological polar surface area (TPSA) is 59.3 Å². The van der Waals surface area contributed by atoms with E-state index in [1.165, 1.54) is 0 Å². The van der Waals surface area contributed by atoms with Crippen molar-refractivity contribution in [2.45, 2.75) is 6.92 Å². The number of para-hydroxylation sites is 1. The van der Waals surface area contributed by atoms with Gasteiger partial charge in [-0.15, -0.1) is 0 Å². The lowest BCUT2D eigenvalue weighted by molar-refractivity contribution is -0.129. The summed E-state index contributed by atoms with van der Waals surface area (Å²) in [6, 6.07) is 10.3. The van der Waals surface area contributed by atoms with Crippen LogP contribution in [0.15, 0.2) is 42.2 Å². The molecule has 82 valence electrons. The summed E-state index contributed by atoms with van der Waals surface area (Å²) in [4.78, 5) is 11.5. The molecule has 0 bridgehead atoms. The van der Waals surface area contributed by atoms with Gasteiger partial charge in [0.25, 0.3) is 0 Å². The van der Waals surface area contributed by atoms with Gasteiger partial charge in [0.2, 0.25) is 0 Å². The Labute approximate surface area is 93.7 Å². The molecule has 0 radical (unpaired) electrons. The molecule has 0 heterocycles. The van der Waals surface area contributed by atoms with Gasteiger partial charge in [-0.25, -0.2) is 4.79 Å². The number of nitrogens with zero attached hydrogens (tertiary/aromatic N) is 1. The van der Waals surface area contributed by atoms with Gasteiger partial charge in [0, 0.05) is 0 Å². The molecule has 0 N–H and O–H groups in total. The second kappa shape index (κ2) is 6.25. The average Bonchev–Trinajstić information content (AvgIpc) is 2.31. The van der Waals surface area contributed by atoms with Crippen molar-refractivity contribution < 1.29 is 14.3 Å². The summed E-state index contributed by atoms with van der Waals surface area (Å²) in [6.45, 7) is 2.15. The first kappa shape index (κ1) is 11.8. The lowest BCUT2D eigenvalue weighted by Gasteiger charge is -2.02. The first-order chi connectivity index (χ1) is 7.77. The molecule has 0 fully saturated rings. The van der Waals surface area contributed by atoms with Crippen LogP contribution in [0.4, 0.5) is 0 Å². The summed E-state index contributed by atoms with van der Waals surface area (Å²) in [5.41, 5.74) is -0.161. The Balaban J connectivity index is 2.68. The average molecular weight is 217 g/mol. The number of carbonyl (C=O) groups is 1. The summed E-state index contributed by atoms with van der Waals surface area (Å²) in [7, 11) is 0. The number of benzene rings is 1. The number of ether oxygens (including phenoxy) is 2. The highest BCUT2D eigenvalue weighted by Gasteiger charge is 2.11. The molecule has 0 atom stereocenters. The molecule has 1 rings (SSSR count). The first-order valence-electron chi connectivity index (χ1n) is 4.77. The molecule has 1 aromatic rings. The molecule has 1 aromatic carbocycles. The number of carbonyl (C=O) groups excluding carboxylic acids is 1. The van der Waals surface area contributed by atoms with Crippen LogP contribution in [-0.2, 0) is 9.53 Å². The lowest BCUT2D eigenvalue weighted by atomic mass is 10.3. The van der Waals surface area contributed by atoms with Crippen molar-refractivity contribution >= 4 is 5.97 Å². The van der Waals surface area contributed by atoms with E-state index in [2.05, 4.69) is 0 Å². The van der Waals surface area contributed by atoms with Crippen molar-refractivity contribution in [2.75, 3.05) is 6.61 Å². The van der Waals surface area contributed by atoms with Crippen molar-refractivity contribution in [3.05, 3.63) is 42.2 Å². The Kier molecular flexibility index (Phi) is 4.61. The van der Waals surface area contributed by atoms with Crippen LogP contribution in [0, 0.1) is 11.3 Å². The molecule has 0 saturated heterocycles. The minimum Gasteiger partial charge on any atom is -0.500 e. The highest BCUT2D eigenvalue weighted by Crippen LogP contribution is 2.10. The summed E-state index contributed by atoms with van der Waals surface area (Å²) in [5.74, 6) is -0.327. The summed E-state index contributed by atoms with van der Waals surface area (Å²) < 4.78 is 9.81. The van der Waals surface area contributed by atoms with E-state index < -0.39 is 5.97 Å². The molecule has 0 unspecified atom stereocenters. The Bertz CT molecular complexity index is 418. The number of hydrogen-bond donors (Lipinski definition) is 0. The van der Waals surface area contributed by atoms with E-state index in [0.717, 1.165) is 6.26 Å². The van der Waals surface area contributed by atoms with Gasteiger partial charge >= 0.3 is 5.97 Å². The van der Waals surface area contributed by atoms with Crippen molar-refractivity contribution in [1.29, 1.82) is 5.26 Å². The molecule has 0 aromatic heterocycles. The first-order valence-corrected chi connectivity index (χ1v) is 4.77. The van der Waals surface area contributed by atoms with Gasteiger partial charge in [-0.3, -0.25) is 0 Å². The Morgan fingerprint density at radius 3 is 2.69 bits per heavy atom. The van der Waals surface area contributed by atoms with Crippen LogP contribution in [0.2, 0.25) is 0 Å². The number of hydrogen-bond acceptors (Lipinski definition) is 4. The van der Waals surface area contributed by atoms with E-state index >= 15 is 0 Å². The third kappa shape index (κ3) is 3.46. The van der Waals surface area contributed by atoms with E-state index in [0.29, 0.717) is 12.4 Å². The minimum absolute atomic E-state index is 0.161. The van der Waals surface area contributed by atoms with Gasteiger partial charge in [0.15, 0.2) is 5.57 Å². The predicted octanol–water partition coefficient (Wildman–Crippen LogP) is 2.04. The normalized spacial score (nSPS) is 10.4. The molecular formula is C12H11NO3. The maximum absolute atomic E-state index is 11.5. The van der Waals surface area contributed by atoms with Crippen LogP contribution in [-0.4, -0.2) is 12.6 Å². The Morgan fingerprint density at radius 1 is 1.44 bits per heavy atom. The van der Waals surface area contributed by atoms with Gasteiger partial charge in [-0.1, -0.05) is 18.2 Å². The molecule has 0 aliphatic heterocycles. The monoisotopic (exact) mass is 217 g/mol. The third-order valence-corrected chi connectivity index (χ3v) is 1.66. The zero-order valence-electron chi connectivity index (χ0n) is 8.84. The van der Waals surface area contributed by atoms with Crippen LogP contribution in [0.25, 0.3) is 0 Å². The fourth-order valence-electron chi connectivity index (χ4n) is 0.937. The third-order valence-electron chi connectivity index (χ3n) is 1.66. The second-order valence-electron chi connectivity index (χ2n) is 2.80. The molecule has 16 heavy (non-hydrogen) atoms. The second-order valence-corrected chi connectivity index (χ2v) is 2.80. The molecule has 0 aliphatic rings. The zero-order chi connectivity index (χ0) is 11.8. The van der Waals surface area contributed by atoms with Crippen LogP contribution >= 0.6 is 0 Å². The molecule has 0 spiro atoms. The van der Waals surface area contributed by atoms with E-state index in [1.54, 1.807) is 43.3 Å². The SMILES string of the molecule is CCOC=C(C#N)C(=O)Oc1ccccc1. The number of nitriles is 1. The van der Waals surface area contributed by atoms with Crippen molar-refractivity contribution in [1.82, 2.24) is 0 Å². The molecule has 4 nitrogen and oxygen atoms in total. The number of esters is 1. The highest BCUT2D eigenvalue weighted by molar-refractivity contribution is 5.93. The molecule has 0 saturated carbocycles. The highest BCUT2D eigenvalue weighted by atomic mass is 16.5. The van der Waals surface area contributed by atoms with Crippen molar-refractivity contribution in [2.24, 2.45) is 0 Å². The van der Waals surface area contributed by atoms with Crippen LogP contribution in [0.1, 0.15) is 6.92 Å². The smallest absolute Gasteiger partial charge is 0.357 e. The van der Waals surface area contributed by atoms with E-state index in [1.807, 2.05) is 0 Å². The molecular weight excluding hydrogens is 206 g/mol. The molecule has 0 amide bonds. The van der Waals surface area contributed by atoms with Crippen LogP contribution < -0.4 is 4.74 Å². The quantitative estimate of drug-likeness (QED) is 0.254. The fraction of sp³-hybridized carbons (Fsp3) is 0.167. The van der Waals surface area contributed by atoms with E-state index in [4.69, 9.17) is 14.7 Å². The minimum atomic E-state index is -0.720. The molecule has 4 heteroatoms.